The van der Waals surface area contributed by atoms with Crippen molar-refractivity contribution >= 4 is 17.7 Å². The van der Waals surface area contributed by atoms with Gasteiger partial charge in [-0.05, 0) is 26.2 Å². The van der Waals surface area contributed by atoms with Gasteiger partial charge in [-0.3, -0.25) is 0 Å². The third-order valence-electron chi connectivity index (χ3n) is 3.75. The van der Waals surface area contributed by atoms with E-state index < -0.39 is 0 Å². The first-order chi connectivity index (χ1) is 10.2. The van der Waals surface area contributed by atoms with Crippen LogP contribution in [0.3, 0.4) is 0 Å². The van der Waals surface area contributed by atoms with Crippen LogP contribution < -0.4 is 0 Å². The molecule has 1 aliphatic carbocycles. The Morgan fingerprint density at radius 3 is 2.76 bits per heavy atom. The number of rotatable bonds is 6. The smallest absolute Gasteiger partial charge is 0.341 e. The van der Waals surface area contributed by atoms with E-state index in [-0.39, 0.29) is 5.97 Å². The molecule has 0 aliphatic heterocycles. The lowest BCUT2D eigenvalue weighted by molar-refractivity contribution is 0.0524. The Labute approximate surface area is 131 Å². The molecule has 0 amide bonds. The van der Waals surface area contributed by atoms with Gasteiger partial charge in [0.2, 0.25) is 0 Å². The molecule has 0 bridgehead atoms. The molecule has 1 aromatic rings. The Hall–Kier alpha value is -1.10. The average molecular weight is 308 g/mol. The van der Waals surface area contributed by atoms with E-state index in [1.165, 1.54) is 32.1 Å². The van der Waals surface area contributed by atoms with E-state index >= 15 is 0 Å². The van der Waals surface area contributed by atoms with E-state index in [1.807, 2.05) is 18.7 Å². The van der Waals surface area contributed by atoms with Crippen molar-refractivity contribution in [3.63, 3.8) is 0 Å². The van der Waals surface area contributed by atoms with E-state index in [4.69, 9.17) is 4.74 Å². The maximum absolute atomic E-state index is 11.8. The summed E-state index contributed by atoms with van der Waals surface area (Å²) in [5.41, 5.74) is 1.30. The Morgan fingerprint density at radius 2 is 2.10 bits per heavy atom. The molecule has 0 unspecified atom stereocenters. The molecule has 0 radical (unpaired) electrons. The number of thioether (sulfide) groups is 1. The number of carbonyl (C=O) groups excluding carboxylic acids is 1. The molecule has 116 valence electrons. The minimum atomic E-state index is -0.319. The van der Waals surface area contributed by atoms with Crippen LogP contribution in [0.2, 0.25) is 0 Å². The molecule has 0 N–H and O–H groups in total. The summed E-state index contributed by atoms with van der Waals surface area (Å²) in [7, 11) is 0. The van der Waals surface area contributed by atoms with Crippen LogP contribution in [0.25, 0.3) is 0 Å². The molecule has 0 saturated heterocycles. The highest BCUT2D eigenvalue weighted by molar-refractivity contribution is 7.99. The third kappa shape index (κ3) is 4.70. The standard InChI is InChI=1S/C16H24N2O2S/c1-3-14-13(16(19)20-4-2)10-17-15(18-14)11-21-12-8-6-5-7-9-12/h10,12H,3-9,11H2,1-2H3. The molecule has 1 saturated carbocycles. The number of esters is 1. The number of ether oxygens (including phenoxy) is 1. The fraction of sp³-hybridized carbons (Fsp3) is 0.688. The van der Waals surface area contributed by atoms with Gasteiger partial charge < -0.3 is 4.74 Å². The maximum atomic E-state index is 11.8. The summed E-state index contributed by atoms with van der Waals surface area (Å²) in [5.74, 6) is 1.34. The molecule has 5 heteroatoms. The lowest BCUT2D eigenvalue weighted by Crippen LogP contribution is -2.13. The second-order valence-electron chi connectivity index (χ2n) is 5.29. The maximum Gasteiger partial charge on any atom is 0.341 e. The Kier molecular flexibility index (Phi) is 6.49. The van der Waals surface area contributed by atoms with Gasteiger partial charge in [0, 0.05) is 11.4 Å². The fourth-order valence-corrected chi connectivity index (χ4v) is 3.79. The van der Waals surface area contributed by atoms with E-state index in [1.54, 1.807) is 13.1 Å². The predicted octanol–water partition coefficient (Wildman–Crippen LogP) is 3.78. The van der Waals surface area contributed by atoms with Crippen molar-refractivity contribution in [3.05, 3.63) is 23.3 Å². The molecule has 4 nitrogen and oxygen atoms in total. The molecule has 1 heterocycles. The van der Waals surface area contributed by atoms with Crippen LogP contribution in [0.1, 0.15) is 67.8 Å². The summed E-state index contributed by atoms with van der Waals surface area (Å²) in [4.78, 5) is 20.7. The number of nitrogens with zero attached hydrogens (tertiary/aromatic N) is 2. The Morgan fingerprint density at radius 1 is 1.33 bits per heavy atom. The second kappa shape index (κ2) is 8.37. The highest BCUT2D eigenvalue weighted by Crippen LogP contribution is 2.29. The van der Waals surface area contributed by atoms with Crippen LogP contribution in [-0.4, -0.2) is 27.8 Å². The van der Waals surface area contributed by atoms with Gasteiger partial charge in [0.15, 0.2) is 0 Å². The lowest BCUT2D eigenvalue weighted by atomic mass is 10.0. The van der Waals surface area contributed by atoms with Gasteiger partial charge in [0.25, 0.3) is 0 Å². The van der Waals surface area contributed by atoms with Crippen molar-refractivity contribution < 1.29 is 9.53 Å². The first kappa shape index (κ1) is 16.3. The van der Waals surface area contributed by atoms with Gasteiger partial charge >= 0.3 is 5.97 Å². The molecule has 0 aromatic carbocycles. The van der Waals surface area contributed by atoms with Crippen molar-refractivity contribution in [1.82, 2.24) is 9.97 Å². The van der Waals surface area contributed by atoms with Crippen LogP contribution in [0.5, 0.6) is 0 Å². The number of hydrogen-bond acceptors (Lipinski definition) is 5. The highest BCUT2D eigenvalue weighted by atomic mass is 32.2. The molecule has 0 spiro atoms. The Bertz CT molecular complexity index is 473. The molecule has 21 heavy (non-hydrogen) atoms. The van der Waals surface area contributed by atoms with Gasteiger partial charge in [0.1, 0.15) is 5.82 Å². The zero-order valence-electron chi connectivity index (χ0n) is 12.9. The van der Waals surface area contributed by atoms with Crippen molar-refractivity contribution in [2.24, 2.45) is 0 Å². The van der Waals surface area contributed by atoms with E-state index in [0.29, 0.717) is 12.2 Å². The zero-order chi connectivity index (χ0) is 15.1. The number of carbonyl (C=O) groups is 1. The summed E-state index contributed by atoms with van der Waals surface area (Å²) in [6.07, 6.45) is 9.04. The number of hydrogen-bond donors (Lipinski definition) is 0. The summed E-state index contributed by atoms with van der Waals surface area (Å²) < 4.78 is 5.04. The van der Waals surface area contributed by atoms with Crippen molar-refractivity contribution in [1.29, 1.82) is 0 Å². The van der Waals surface area contributed by atoms with E-state index in [0.717, 1.165) is 28.9 Å². The molecule has 1 aliphatic rings. The minimum Gasteiger partial charge on any atom is -0.462 e. The van der Waals surface area contributed by atoms with Crippen molar-refractivity contribution in [2.75, 3.05) is 6.61 Å². The van der Waals surface area contributed by atoms with Gasteiger partial charge in [-0.1, -0.05) is 26.2 Å². The SMILES string of the molecule is CCOC(=O)c1cnc(CSC2CCCCC2)nc1CC. The van der Waals surface area contributed by atoms with E-state index in [2.05, 4.69) is 9.97 Å². The number of aryl methyl sites for hydroxylation is 1. The van der Waals surface area contributed by atoms with Gasteiger partial charge in [-0.2, -0.15) is 11.8 Å². The van der Waals surface area contributed by atoms with Crippen LogP contribution in [0, 0.1) is 0 Å². The average Bonchev–Trinajstić information content (AvgIpc) is 2.53. The topological polar surface area (TPSA) is 52.1 Å². The van der Waals surface area contributed by atoms with Gasteiger partial charge in [-0.25, -0.2) is 14.8 Å². The van der Waals surface area contributed by atoms with Crippen LogP contribution >= 0.6 is 11.8 Å². The molecule has 0 atom stereocenters. The molecule has 1 fully saturated rings. The number of aromatic nitrogens is 2. The normalized spacial score (nSPS) is 15.9. The molecule has 2 rings (SSSR count). The zero-order valence-corrected chi connectivity index (χ0v) is 13.7. The largest absolute Gasteiger partial charge is 0.462 e. The summed E-state index contributed by atoms with van der Waals surface area (Å²) >= 11 is 1.95. The fourth-order valence-electron chi connectivity index (χ4n) is 2.60. The predicted molar refractivity (Wildman–Crippen MR) is 85.5 cm³/mol. The van der Waals surface area contributed by atoms with Crippen LogP contribution in [0.4, 0.5) is 0 Å². The summed E-state index contributed by atoms with van der Waals surface area (Å²) in [6.45, 7) is 4.18. The first-order valence-electron chi connectivity index (χ1n) is 7.88. The quantitative estimate of drug-likeness (QED) is 0.749. The molecular weight excluding hydrogens is 284 g/mol. The van der Waals surface area contributed by atoms with Gasteiger partial charge in [-0.15, -0.1) is 0 Å². The first-order valence-corrected chi connectivity index (χ1v) is 8.93. The third-order valence-corrected chi connectivity index (χ3v) is 5.12. The van der Waals surface area contributed by atoms with Crippen LogP contribution in [0.15, 0.2) is 6.20 Å². The summed E-state index contributed by atoms with van der Waals surface area (Å²) in [5, 5.41) is 0.747. The lowest BCUT2D eigenvalue weighted by Gasteiger charge is -2.20. The highest BCUT2D eigenvalue weighted by Gasteiger charge is 2.17. The second-order valence-corrected chi connectivity index (χ2v) is 6.58. The van der Waals surface area contributed by atoms with Crippen LogP contribution in [-0.2, 0) is 16.9 Å². The van der Waals surface area contributed by atoms with Crippen molar-refractivity contribution in [3.8, 4) is 0 Å². The Balaban J connectivity index is 1.99. The van der Waals surface area contributed by atoms with E-state index in [9.17, 15) is 4.79 Å². The minimum absolute atomic E-state index is 0.319. The summed E-state index contributed by atoms with van der Waals surface area (Å²) in [6, 6.07) is 0. The molecule has 1 aromatic heterocycles. The van der Waals surface area contributed by atoms with Crippen molar-refractivity contribution in [2.45, 2.75) is 63.4 Å². The molecular formula is C16H24N2O2S. The van der Waals surface area contributed by atoms with Gasteiger partial charge in [0.05, 0.1) is 23.6 Å². The monoisotopic (exact) mass is 308 g/mol.